The van der Waals surface area contributed by atoms with E-state index in [4.69, 9.17) is 26.1 Å². The molecule has 0 atom stereocenters. The van der Waals surface area contributed by atoms with Gasteiger partial charge in [0.1, 0.15) is 17.4 Å². The molecule has 4 aromatic rings. The Kier molecular flexibility index (Phi) is 6.26. The summed E-state index contributed by atoms with van der Waals surface area (Å²) in [4.78, 5) is 6.06. The molecule has 0 unspecified atom stereocenters. The average molecular weight is 570 g/mol. The van der Waals surface area contributed by atoms with E-state index in [0.717, 1.165) is 43.9 Å². The number of halogens is 1. The Hall–Kier alpha value is -3.25. The second-order valence-corrected chi connectivity index (χ2v) is 12.4. The van der Waals surface area contributed by atoms with Crippen LogP contribution >= 0.6 is 22.9 Å². The van der Waals surface area contributed by atoms with Crippen molar-refractivity contribution in [1.82, 2.24) is 19.1 Å². The molecule has 6 rings (SSSR count). The molecule has 0 fully saturated rings. The van der Waals surface area contributed by atoms with Crippen LogP contribution in [0.5, 0.6) is 11.5 Å². The third-order valence-corrected chi connectivity index (χ3v) is 10.2. The number of aryl methyl sites for hydroxylation is 1. The molecule has 2 aliphatic heterocycles. The van der Waals surface area contributed by atoms with E-state index in [1.54, 1.807) is 23.5 Å². The van der Waals surface area contributed by atoms with Crippen LogP contribution in [0, 0.1) is 6.92 Å². The SMILES string of the molecule is COc1ccc(S(=O)(=O)N2CCc3c(sc4c3C(c3ccccc3Cl)=NCc3nnc(C)n3-4)C2)cc1OC. The number of aromatic nitrogens is 3. The average Bonchev–Trinajstić information content (AvgIpc) is 3.43. The molecule has 0 bridgehead atoms. The van der Waals surface area contributed by atoms with Gasteiger partial charge in [-0.3, -0.25) is 9.56 Å². The molecular weight excluding hydrogens is 546 g/mol. The van der Waals surface area contributed by atoms with Gasteiger partial charge in [-0.05, 0) is 37.1 Å². The maximum atomic E-state index is 13.7. The smallest absolute Gasteiger partial charge is 0.243 e. The molecule has 2 aliphatic rings. The molecule has 12 heteroatoms. The molecule has 2 aromatic heterocycles. The Labute approximate surface area is 229 Å². The Morgan fingerprint density at radius 3 is 2.61 bits per heavy atom. The Balaban J connectivity index is 1.45. The minimum atomic E-state index is -3.78. The van der Waals surface area contributed by atoms with E-state index in [0.29, 0.717) is 36.0 Å². The second-order valence-electron chi connectivity index (χ2n) is 8.93. The van der Waals surface area contributed by atoms with Gasteiger partial charge in [-0.15, -0.1) is 21.5 Å². The predicted octanol–water partition coefficient (Wildman–Crippen LogP) is 4.41. The van der Waals surface area contributed by atoms with Gasteiger partial charge in [0, 0.05) is 40.2 Å². The maximum absolute atomic E-state index is 13.7. The quantitative estimate of drug-likeness (QED) is 0.353. The fourth-order valence-electron chi connectivity index (χ4n) is 4.97. The van der Waals surface area contributed by atoms with Crippen molar-refractivity contribution in [3.63, 3.8) is 0 Å². The largest absolute Gasteiger partial charge is 0.493 e. The molecule has 0 amide bonds. The molecule has 9 nitrogen and oxygen atoms in total. The lowest BCUT2D eigenvalue weighted by Gasteiger charge is -2.27. The van der Waals surface area contributed by atoms with Crippen molar-refractivity contribution in [3.05, 3.63) is 80.7 Å². The van der Waals surface area contributed by atoms with Gasteiger partial charge in [0.25, 0.3) is 0 Å². The Morgan fingerprint density at radius 2 is 1.84 bits per heavy atom. The number of sulfonamides is 1. The van der Waals surface area contributed by atoms with E-state index in [1.807, 2.05) is 35.8 Å². The molecule has 0 aliphatic carbocycles. The molecular formula is C26H24ClN5O4S2. The summed E-state index contributed by atoms with van der Waals surface area (Å²) >= 11 is 8.18. The topological polar surface area (TPSA) is 98.9 Å². The van der Waals surface area contributed by atoms with Crippen LogP contribution in [0.25, 0.3) is 5.00 Å². The van der Waals surface area contributed by atoms with E-state index in [9.17, 15) is 8.42 Å². The first-order valence-corrected chi connectivity index (χ1v) is 14.5. The van der Waals surface area contributed by atoms with Crippen LogP contribution < -0.4 is 9.47 Å². The summed E-state index contributed by atoms with van der Waals surface area (Å²) in [5, 5.41) is 10.2. The fraction of sp³-hybridized carbons (Fsp3) is 0.269. The molecule has 4 heterocycles. The highest BCUT2D eigenvalue weighted by Crippen LogP contribution is 2.41. The van der Waals surface area contributed by atoms with Gasteiger partial charge in [0.15, 0.2) is 17.3 Å². The number of ether oxygens (including phenoxy) is 2. The van der Waals surface area contributed by atoms with Gasteiger partial charge in [0.2, 0.25) is 10.0 Å². The second kappa shape index (κ2) is 9.49. The van der Waals surface area contributed by atoms with Crippen LogP contribution in [0.2, 0.25) is 5.02 Å². The lowest BCUT2D eigenvalue weighted by atomic mass is 9.96. The Bertz CT molecular complexity index is 1710. The van der Waals surface area contributed by atoms with Gasteiger partial charge < -0.3 is 9.47 Å². The first-order chi connectivity index (χ1) is 18.3. The van der Waals surface area contributed by atoms with Gasteiger partial charge in [0.05, 0.1) is 24.8 Å². The molecule has 0 radical (unpaired) electrons. The maximum Gasteiger partial charge on any atom is 0.243 e. The van der Waals surface area contributed by atoms with E-state index in [1.165, 1.54) is 24.6 Å². The van der Waals surface area contributed by atoms with Crippen LogP contribution in [-0.4, -0.2) is 54.0 Å². The van der Waals surface area contributed by atoms with E-state index < -0.39 is 10.0 Å². The monoisotopic (exact) mass is 569 g/mol. The van der Waals surface area contributed by atoms with E-state index in [-0.39, 0.29) is 11.4 Å². The summed E-state index contributed by atoms with van der Waals surface area (Å²) in [6.45, 7) is 2.86. The van der Waals surface area contributed by atoms with E-state index >= 15 is 0 Å². The molecule has 2 aromatic carbocycles. The fourth-order valence-corrected chi connectivity index (χ4v) is 8.14. The highest BCUT2D eigenvalue weighted by atomic mass is 35.5. The number of benzene rings is 2. The van der Waals surface area contributed by atoms with Gasteiger partial charge >= 0.3 is 0 Å². The Morgan fingerprint density at radius 1 is 1.05 bits per heavy atom. The lowest BCUT2D eigenvalue weighted by Crippen LogP contribution is -2.35. The summed E-state index contributed by atoms with van der Waals surface area (Å²) in [6.07, 6.45) is 0.535. The number of thiophene rings is 1. The van der Waals surface area contributed by atoms with Crippen LogP contribution in [0.3, 0.4) is 0 Å². The summed E-state index contributed by atoms with van der Waals surface area (Å²) < 4.78 is 41.5. The predicted molar refractivity (Wildman–Crippen MR) is 146 cm³/mol. The molecule has 0 N–H and O–H groups in total. The summed E-state index contributed by atoms with van der Waals surface area (Å²) in [6, 6.07) is 12.3. The van der Waals surface area contributed by atoms with Crippen molar-refractivity contribution in [2.24, 2.45) is 4.99 Å². The van der Waals surface area contributed by atoms with Crippen molar-refractivity contribution in [1.29, 1.82) is 0 Å². The molecule has 196 valence electrons. The lowest BCUT2D eigenvalue weighted by molar-refractivity contribution is 0.353. The minimum absolute atomic E-state index is 0.159. The number of hydrogen-bond donors (Lipinski definition) is 0. The van der Waals surface area contributed by atoms with Crippen LogP contribution in [0.15, 0.2) is 52.4 Å². The summed E-state index contributed by atoms with van der Waals surface area (Å²) in [5.41, 5.74) is 3.70. The first kappa shape index (κ1) is 25.1. The number of rotatable bonds is 5. The van der Waals surface area contributed by atoms with Crippen LogP contribution in [0.4, 0.5) is 0 Å². The third kappa shape index (κ3) is 3.92. The van der Waals surface area contributed by atoms with Crippen molar-refractivity contribution in [2.45, 2.75) is 31.3 Å². The summed E-state index contributed by atoms with van der Waals surface area (Å²) in [7, 11) is -0.778. The number of methoxy groups -OCH3 is 2. The third-order valence-electron chi connectivity index (χ3n) is 6.84. The standard InChI is InChI=1S/C26H24ClN5O4S2/c1-15-29-30-23-13-28-25(17-6-4-5-7-19(17)27)24-18-10-11-31(14-22(18)37-26(24)32(15)23)38(33,34)16-8-9-20(35-2)21(12-16)36-3/h4-9,12H,10-11,13-14H2,1-3H3. The zero-order valence-corrected chi connectivity index (χ0v) is 23.3. The highest BCUT2D eigenvalue weighted by Gasteiger charge is 2.36. The minimum Gasteiger partial charge on any atom is -0.493 e. The molecule has 0 spiro atoms. The molecule has 38 heavy (non-hydrogen) atoms. The zero-order chi connectivity index (χ0) is 26.6. The van der Waals surface area contributed by atoms with E-state index in [2.05, 4.69) is 10.2 Å². The first-order valence-electron chi connectivity index (χ1n) is 11.9. The van der Waals surface area contributed by atoms with Crippen LogP contribution in [0.1, 0.15) is 33.2 Å². The number of nitrogens with zero attached hydrogens (tertiary/aromatic N) is 5. The number of hydrogen-bond acceptors (Lipinski definition) is 8. The normalized spacial score (nSPS) is 15.2. The van der Waals surface area contributed by atoms with Gasteiger partial charge in [-0.25, -0.2) is 8.42 Å². The zero-order valence-electron chi connectivity index (χ0n) is 20.9. The van der Waals surface area contributed by atoms with Crippen molar-refractivity contribution in [2.75, 3.05) is 20.8 Å². The number of fused-ring (bicyclic) bond motifs is 5. The molecule has 0 saturated heterocycles. The van der Waals surface area contributed by atoms with Crippen molar-refractivity contribution in [3.8, 4) is 16.5 Å². The number of aliphatic imine (C=N–C) groups is 1. The van der Waals surface area contributed by atoms with Crippen molar-refractivity contribution < 1.29 is 17.9 Å². The highest BCUT2D eigenvalue weighted by molar-refractivity contribution is 7.89. The van der Waals surface area contributed by atoms with Crippen LogP contribution in [-0.2, 0) is 29.5 Å². The summed E-state index contributed by atoms with van der Waals surface area (Å²) in [5.74, 6) is 2.33. The van der Waals surface area contributed by atoms with Gasteiger partial charge in [-0.1, -0.05) is 29.8 Å². The van der Waals surface area contributed by atoms with Gasteiger partial charge in [-0.2, -0.15) is 4.31 Å². The van der Waals surface area contributed by atoms with Crippen molar-refractivity contribution >= 4 is 38.7 Å². The molecule has 0 saturated carbocycles.